The van der Waals surface area contributed by atoms with Crippen molar-refractivity contribution in [2.45, 2.75) is 38.5 Å². The zero-order chi connectivity index (χ0) is 17.4. The molecule has 130 valence electrons. The minimum atomic E-state index is -0.380. The second-order valence-electron chi connectivity index (χ2n) is 6.46. The minimum absolute atomic E-state index is 0.0707. The summed E-state index contributed by atoms with van der Waals surface area (Å²) in [5.41, 5.74) is 0.413. The molecule has 3 rings (SSSR count). The van der Waals surface area contributed by atoms with Crippen LogP contribution < -0.4 is 14.5 Å². The molecule has 0 aliphatic carbocycles. The first-order chi connectivity index (χ1) is 11.4. The van der Waals surface area contributed by atoms with Gasteiger partial charge in [-0.2, -0.15) is 0 Å². The van der Waals surface area contributed by atoms with Crippen molar-refractivity contribution in [2.24, 2.45) is 0 Å². The van der Waals surface area contributed by atoms with Gasteiger partial charge < -0.3 is 14.4 Å². The smallest absolute Gasteiger partial charge is 0.292 e. The number of nitrogens with one attached hydrogen (secondary N) is 1. The molecule has 0 saturated carbocycles. The number of methoxy groups -OCH3 is 1. The highest BCUT2D eigenvalue weighted by molar-refractivity contribution is 6.31. The van der Waals surface area contributed by atoms with E-state index < -0.39 is 0 Å². The molecule has 0 unspecified atom stereocenters. The number of imide groups is 1. The van der Waals surface area contributed by atoms with E-state index in [9.17, 15) is 9.59 Å². The number of ether oxygens (including phenoxy) is 2. The predicted molar refractivity (Wildman–Crippen MR) is 89.6 cm³/mol. The molecule has 2 aliphatic rings. The number of nitrogens with zero attached hydrogens (tertiary/aromatic N) is 1. The zero-order valence-electron chi connectivity index (χ0n) is 14.0. The van der Waals surface area contributed by atoms with E-state index in [1.165, 1.54) is 12.0 Å². The maximum atomic E-state index is 13.0. The van der Waals surface area contributed by atoms with Crippen molar-refractivity contribution in [3.05, 3.63) is 23.2 Å². The molecule has 2 aliphatic heterocycles. The lowest BCUT2D eigenvalue weighted by atomic mass is 10.1. The van der Waals surface area contributed by atoms with Gasteiger partial charge in [-0.3, -0.25) is 9.59 Å². The highest BCUT2D eigenvalue weighted by Gasteiger charge is 2.48. The molecular weight excluding hydrogens is 332 g/mol. The number of carbonyl (C=O) groups is 2. The molecule has 2 fully saturated rings. The number of anilines is 1. The Morgan fingerprint density at radius 3 is 2.54 bits per heavy atom. The topological polar surface area (TPSA) is 60.3 Å². The Morgan fingerprint density at radius 2 is 1.92 bits per heavy atom. The maximum Gasteiger partial charge on any atom is 0.292 e. The highest BCUT2D eigenvalue weighted by atomic mass is 35.5. The SMILES string of the molecule is COc1ccc(Cl)cc1N1C(=O)C[C@H]([NH+]2C[C@H](C)O[C@@H](C)C2)C1=O. The summed E-state index contributed by atoms with van der Waals surface area (Å²) in [6, 6.07) is 4.55. The van der Waals surface area contributed by atoms with E-state index in [1.54, 1.807) is 18.2 Å². The van der Waals surface area contributed by atoms with Gasteiger partial charge in [0.2, 0.25) is 5.91 Å². The summed E-state index contributed by atoms with van der Waals surface area (Å²) < 4.78 is 11.0. The number of halogens is 1. The normalized spacial score (nSPS) is 30.8. The van der Waals surface area contributed by atoms with Crippen LogP contribution in [0.3, 0.4) is 0 Å². The molecule has 1 aromatic carbocycles. The van der Waals surface area contributed by atoms with Gasteiger partial charge in [0, 0.05) is 5.02 Å². The summed E-state index contributed by atoms with van der Waals surface area (Å²) in [7, 11) is 1.51. The molecule has 0 radical (unpaired) electrons. The van der Waals surface area contributed by atoms with Gasteiger partial charge in [0.05, 0.1) is 19.2 Å². The minimum Gasteiger partial charge on any atom is -0.495 e. The zero-order valence-corrected chi connectivity index (χ0v) is 14.8. The second-order valence-corrected chi connectivity index (χ2v) is 6.90. The van der Waals surface area contributed by atoms with Gasteiger partial charge >= 0.3 is 0 Å². The number of carbonyl (C=O) groups excluding carboxylic acids is 2. The van der Waals surface area contributed by atoms with Crippen molar-refractivity contribution >= 4 is 29.1 Å². The molecule has 0 aromatic heterocycles. The molecule has 2 saturated heterocycles. The Labute approximate surface area is 146 Å². The van der Waals surface area contributed by atoms with Crippen LogP contribution in [-0.4, -0.2) is 50.3 Å². The Hall–Kier alpha value is -1.63. The molecule has 2 amide bonds. The van der Waals surface area contributed by atoms with E-state index in [0.29, 0.717) is 29.5 Å². The molecule has 7 heteroatoms. The number of benzene rings is 1. The second kappa shape index (κ2) is 6.70. The van der Waals surface area contributed by atoms with E-state index in [-0.39, 0.29) is 36.5 Å². The fourth-order valence-corrected chi connectivity index (χ4v) is 3.81. The van der Waals surface area contributed by atoms with Gasteiger partial charge in [-0.05, 0) is 32.0 Å². The third-order valence-corrected chi connectivity index (χ3v) is 4.82. The van der Waals surface area contributed by atoms with Gasteiger partial charge in [0.25, 0.3) is 5.91 Å². The third-order valence-electron chi connectivity index (χ3n) is 4.59. The first-order valence-electron chi connectivity index (χ1n) is 8.11. The number of morpholine rings is 1. The maximum absolute atomic E-state index is 13.0. The summed E-state index contributed by atoms with van der Waals surface area (Å²) >= 11 is 6.04. The van der Waals surface area contributed by atoms with E-state index in [1.807, 2.05) is 13.8 Å². The fourth-order valence-electron chi connectivity index (χ4n) is 3.64. The molecule has 0 bridgehead atoms. The standard InChI is InChI=1S/C17H21ClN2O4/c1-10-8-19(9-11(2)24-10)14-7-16(21)20(17(14)22)13-6-12(18)4-5-15(13)23-3/h4-6,10-11,14H,7-9H2,1-3H3/p+1/t10-,11-,14-/m0/s1. The Bertz CT molecular complexity index is 656. The first-order valence-corrected chi connectivity index (χ1v) is 8.49. The summed E-state index contributed by atoms with van der Waals surface area (Å²) in [6.45, 7) is 5.42. The number of quaternary nitrogens is 1. The largest absolute Gasteiger partial charge is 0.495 e. The van der Waals surface area contributed by atoms with Crippen molar-refractivity contribution in [1.82, 2.24) is 0 Å². The third kappa shape index (κ3) is 3.14. The fraction of sp³-hybridized carbons (Fsp3) is 0.529. The van der Waals surface area contributed by atoms with E-state index in [4.69, 9.17) is 21.1 Å². The monoisotopic (exact) mass is 353 g/mol. The van der Waals surface area contributed by atoms with Crippen molar-refractivity contribution in [2.75, 3.05) is 25.1 Å². The van der Waals surface area contributed by atoms with Crippen molar-refractivity contribution < 1.29 is 24.0 Å². The Balaban J connectivity index is 1.88. The van der Waals surface area contributed by atoms with Crippen LogP contribution in [-0.2, 0) is 14.3 Å². The number of rotatable bonds is 3. The van der Waals surface area contributed by atoms with Crippen LogP contribution in [0.2, 0.25) is 5.02 Å². The van der Waals surface area contributed by atoms with Crippen LogP contribution in [0.25, 0.3) is 0 Å². The summed E-state index contributed by atoms with van der Waals surface area (Å²) in [6.07, 6.45) is 0.339. The summed E-state index contributed by atoms with van der Waals surface area (Å²) in [5.74, 6) is 0.0437. The van der Waals surface area contributed by atoms with Gasteiger partial charge in [0.15, 0.2) is 6.04 Å². The van der Waals surface area contributed by atoms with Crippen LogP contribution in [0.1, 0.15) is 20.3 Å². The average molecular weight is 354 g/mol. The molecular formula is C17H22ClN2O4+. The molecule has 0 spiro atoms. The van der Waals surface area contributed by atoms with Crippen molar-refractivity contribution in [3.63, 3.8) is 0 Å². The lowest BCUT2D eigenvalue weighted by molar-refractivity contribution is -0.929. The number of hydrogen-bond acceptors (Lipinski definition) is 4. The van der Waals surface area contributed by atoms with Crippen LogP contribution in [0.4, 0.5) is 5.69 Å². The number of hydrogen-bond donors (Lipinski definition) is 1. The van der Waals surface area contributed by atoms with E-state index >= 15 is 0 Å². The lowest BCUT2D eigenvalue weighted by Gasteiger charge is -2.34. The highest BCUT2D eigenvalue weighted by Crippen LogP contribution is 2.34. The van der Waals surface area contributed by atoms with E-state index in [0.717, 1.165) is 4.90 Å². The Morgan fingerprint density at radius 1 is 1.25 bits per heavy atom. The molecule has 1 aromatic rings. The lowest BCUT2D eigenvalue weighted by Crippen LogP contribution is -3.19. The van der Waals surface area contributed by atoms with Gasteiger partial charge in [0.1, 0.15) is 31.0 Å². The average Bonchev–Trinajstić information content (AvgIpc) is 2.81. The van der Waals surface area contributed by atoms with Gasteiger partial charge in [-0.15, -0.1) is 0 Å². The molecule has 24 heavy (non-hydrogen) atoms. The van der Waals surface area contributed by atoms with Crippen molar-refractivity contribution in [3.8, 4) is 5.75 Å². The molecule has 6 nitrogen and oxygen atoms in total. The van der Waals surface area contributed by atoms with E-state index in [2.05, 4.69) is 0 Å². The predicted octanol–water partition coefficient (Wildman–Crippen LogP) is 0.673. The van der Waals surface area contributed by atoms with Crippen LogP contribution >= 0.6 is 11.6 Å². The quantitative estimate of drug-likeness (QED) is 0.812. The Kier molecular flexibility index (Phi) is 4.80. The summed E-state index contributed by atoms with van der Waals surface area (Å²) in [5, 5.41) is 0.454. The van der Waals surface area contributed by atoms with Gasteiger partial charge in [-0.25, -0.2) is 4.90 Å². The summed E-state index contributed by atoms with van der Waals surface area (Å²) in [4.78, 5) is 27.8. The molecule has 1 N–H and O–H groups in total. The molecule has 2 heterocycles. The first kappa shape index (κ1) is 17.2. The molecule has 3 atom stereocenters. The van der Waals surface area contributed by atoms with Crippen LogP contribution in [0, 0.1) is 0 Å². The van der Waals surface area contributed by atoms with Crippen LogP contribution in [0.15, 0.2) is 18.2 Å². The van der Waals surface area contributed by atoms with Crippen molar-refractivity contribution in [1.29, 1.82) is 0 Å². The van der Waals surface area contributed by atoms with Crippen LogP contribution in [0.5, 0.6) is 5.75 Å². The number of amides is 2. The van der Waals surface area contributed by atoms with Gasteiger partial charge in [-0.1, -0.05) is 11.6 Å².